The molecule has 0 radical (unpaired) electrons. The van der Waals surface area contributed by atoms with Crippen molar-refractivity contribution in [2.24, 2.45) is 7.05 Å². The molecule has 0 aliphatic rings. The van der Waals surface area contributed by atoms with Crippen molar-refractivity contribution in [3.63, 3.8) is 0 Å². The molecule has 1 aromatic heterocycles. The molecule has 8 nitrogen and oxygen atoms in total. The lowest BCUT2D eigenvalue weighted by atomic mass is 10.2. The van der Waals surface area contributed by atoms with Gasteiger partial charge in [-0.05, 0) is 65.3 Å². The van der Waals surface area contributed by atoms with Gasteiger partial charge in [-0.3, -0.25) is 18.6 Å². The monoisotopic (exact) mass is 588 g/mol. The molecule has 1 amide bonds. The predicted octanol–water partition coefficient (Wildman–Crippen LogP) is 4.98. The van der Waals surface area contributed by atoms with Crippen LogP contribution >= 0.6 is 27.5 Å². The summed E-state index contributed by atoms with van der Waals surface area (Å²) in [7, 11) is -1.23. The second-order valence-corrected chi connectivity index (χ2v) is 11.2. The van der Waals surface area contributed by atoms with E-state index in [0.29, 0.717) is 21.5 Å². The van der Waals surface area contributed by atoms with Crippen LogP contribution in [0.1, 0.15) is 16.1 Å². The summed E-state index contributed by atoms with van der Waals surface area (Å²) in [6, 6.07) is 19.8. The first-order valence-electron chi connectivity index (χ1n) is 10.7. The largest absolute Gasteiger partial charge is 0.321 e. The summed E-state index contributed by atoms with van der Waals surface area (Å²) in [5.41, 5.74) is 1.04. The molecule has 0 spiro atoms. The number of nitrogens with one attached hydrogen (secondary N) is 1. The van der Waals surface area contributed by atoms with E-state index in [1.807, 2.05) is 6.07 Å². The van der Waals surface area contributed by atoms with E-state index in [9.17, 15) is 18.0 Å². The highest BCUT2D eigenvalue weighted by Gasteiger charge is 2.29. The SMILES string of the molecule is Cc1c(N(C)S(=O)(=O)c2ccc(Cl)c(C(=O)Nc3ccccc3Br)c2)c(=O)n(-c2ccccc2)n1C. The summed E-state index contributed by atoms with van der Waals surface area (Å²) in [6.07, 6.45) is 0. The minimum Gasteiger partial charge on any atom is -0.321 e. The lowest BCUT2D eigenvalue weighted by molar-refractivity contribution is 0.102. The van der Waals surface area contributed by atoms with E-state index in [1.165, 1.54) is 29.9 Å². The van der Waals surface area contributed by atoms with Crippen molar-refractivity contribution in [2.75, 3.05) is 16.7 Å². The van der Waals surface area contributed by atoms with Crippen LogP contribution in [-0.4, -0.2) is 30.7 Å². The van der Waals surface area contributed by atoms with Crippen LogP contribution in [0.3, 0.4) is 0 Å². The third kappa shape index (κ3) is 4.59. The molecular weight excluding hydrogens is 568 g/mol. The number of aromatic nitrogens is 2. The Kier molecular flexibility index (Phi) is 7.12. The number of hydrogen-bond acceptors (Lipinski definition) is 4. The molecule has 11 heteroatoms. The maximum absolute atomic E-state index is 13.6. The number of para-hydroxylation sites is 2. The van der Waals surface area contributed by atoms with E-state index in [0.717, 1.165) is 4.31 Å². The zero-order valence-corrected chi connectivity index (χ0v) is 22.7. The van der Waals surface area contributed by atoms with Crippen molar-refractivity contribution in [3.8, 4) is 5.69 Å². The first kappa shape index (κ1) is 25.7. The number of anilines is 2. The molecule has 3 aromatic carbocycles. The fourth-order valence-corrected chi connectivity index (χ4v) is 5.65. The highest BCUT2D eigenvalue weighted by Crippen LogP contribution is 2.28. The van der Waals surface area contributed by atoms with Crippen molar-refractivity contribution in [1.82, 2.24) is 9.36 Å². The lowest BCUT2D eigenvalue weighted by Gasteiger charge is -2.19. The van der Waals surface area contributed by atoms with Gasteiger partial charge in [0.05, 0.1) is 32.6 Å². The molecule has 1 N–H and O–H groups in total. The zero-order valence-electron chi connectivity index (χ0n) is 19.6. The normalized spacial score (nSPS) is 11.4. The summed E-state index contributed by atoms with van der Waals surface area (Å²) in [5.74, 6) is -0.575. The smallest absolute Gasteiger partial charge is 0.296 e. The third-order valence-corrected chi connectivity index (χ3v) is 8.58. The minimum atomic E-state index is -4.22. The number of amides is 1. The van der Waals surface area contributed by atoms with E-state index in [4.69, 9.17) is 11.6 Å². The number of nitrogens with zero attached hydrogens (tertiary/aromatic N) is 3. The Hall–Kier alpha value is -3.34. The fourth-order valence-electron chi connectivity index (χ4n) is 3.79. The summed E-state index contributed by atoms with van der Waals surface area (Å²) in [5, 5.41) is 2.81. The van der Waals surface area contributed by atoms with E-state index in [1.54, 1.807) is 67.2 Å². The molecule has 0 aliphatic carbocycles. The van der Waals surface area contributed by atoms with Crippen LogP contribution in [0, 0.1) is 6.92 Å². The Bertz CT molecular complexity index is 1630. The standard InChI is InChI=1S/C25H22BrClN4O4S/c1-16-23(25(33)31(29(16)2)17-9-5-4-6-10-17)30(3)36(34,35)18-13-14-21(27)19(15-18)24(32)28-22-12-8-7-11-20(22)26/h4-15H,1-3H3,(H,28,32). The topological polar surface area (TPSA) is 93.4 Å². The van der Waals surface area contributed by atoms with E-state index in [-0.39, 0.29) is 21.2 Å². The van der Waals surface area contributed by atoms with E-state index in [2.05, 4.69) is 21.2 Å². The number of halogens is 2. The molecule has 0 fully saturated rings. The second-order valence-electron chi connectivity index (χ2n) is 7.96. The van der Waals surface area contributed by atoms with Crippen molar-refractivity contribution >= 4 is 54.8 Å². The van der Waals surface area contributed by atoms with Gasteiger partial charge in [0.1, 0.15) is 5.69 Å². The lowest BCUT2D eigenvalue weighted by Crippen LogP contribution is -2.32. The molecule has 0 saturated carbocycles. The molecule has 0 atom stereocenters. The van der Waals surface area contributed by atoms with Crippen LogP contribution in [0.2, 0.25) is 5.02 Å². The minimum absolute atomic E-state index is 0.00415. The van der Waals surface area contributed by atoms with Gasteiger partial charge in [-0.2, -0.15) is 0 Å². The maximum atomic E-state index is 13.6. The third-order valence-electron chi connectivity index (χ3n) is 5.80. The predicted molar refractivity (Wildman–Crippen MR) is 145 cm³/mol. The number of rotatable bonds is 6. The van der Waals surface area contributed by atoms with Crippen molar-refractivity contribution in [3.05, 3.63) is 104 Å². The summed E-state index contributed by atoms with van der Waals surface area (Å²) >= 11 is 9.61. The quantitative estimate of drug-likeness (QED) is 0.343. The maximum Gasteiger partial charge on any atom is 0.296 e. The van der Waals surface area contributed by atoms with Crippen molar-refractivity contribution in [1.29, 1.82) is 0 Å². The average molecular weight is 590 g/mol. The molecule has 0 aliphatic heterocycles. The van der Waals surface area contributed by atoms with Gasteiger partial charge in [0.15, 0.2) is 0 Å². The summed E-state index contributed by atoms with van der Waals surface area (Å²) in [6.45, 7) is 1.67. The van der Waals surface area contributed by atoms with Gasteiger partial charge < -0.3 is 5.32 Å². The summed E-state index contributed by atoms with van der Waals surface area (Å²) < 4.78 is 31.7. The van der Waals surface area contributed by atoms with Gasteiger partial charge in [0.25, 0.3) is 21.5 Å². The molecule has 4 aromatic rings. The van der Waals surface area contributed by atoms with Crippen molar-refractivity contribution in [2.45, 2.75) is 11.8 Å². The van der Waals surface area contributed by atoms with E-state index < -0.39 is 21.5 Å². The van der Waals surface area contributed by atoms with Gasteiger partial charge in [0.2, 0.25) is 0 Å². The zero-order chi connectivity index (χ0) is 26.2. The first-order chi connectivity index (χ1) is 17.0. The highest BCUT2D eigenvalue weighted by atomic mass is 79.9. The van der Waals surface area contributed by atoms with Crippen LogP contribution in [0.15, 0.2) is 87.0 Å². The Labute approximate surface area is 221 Å². The van der Waals surface area contributed by atoms with Gasteiger partial charge in [-0.1, -0.05) is 41.9 Å². The number of sulfonamides is 1. The Morgan fingerprint density at radius 2 is 1.67 bits per heavy atom. The van der Waals surface area contributed by atoms with Gasteiger partial charge >= 0.3 is 0 Å². The Morgan fingerprint density at radius 1 is 1.03 bits per heavy atom. The van der Waals surface area contributed by atoms with Crippen LogP contribution in [0.25, 0.3) is 5.69 Å². The molecule has 0 saturated heterocycles. The summed E-state index contributed by atoms with van der Waals surface area (Å²) in [4.78, 5) is 26.1. The van der Waals surface area contributed by atoms with Gasteiger partial charge in [-0.15, -0.1) is 0 Å². The molecule has 36 heavy (non-hydrogen) atoms. The molecule has 1 heterocycles. The number of carbonyl (C=O) groups is 1. The van der Waals surface area contributed by atoms with E-state index >= 15 is 0 Å². The fraction of sp³-hybridized carbons (Fsp3) is 0.120. The van der Waals surface area contributed by atoms with Crippen molar-refractivity contribution < 1.29 is 13.2 Å². The Morgan fingerprint density at radius 3 is 2.33 bits per heavy atom. The average Bonchev–Trinajstić information content (AvgIpc) is 3.08. The highest BCUT2D eigenvalue weighted by molar-refractivity contribution is 9.10. The molecular formula is C25H22BrClN4O4S. The van der Waals surface area contributed by atoms with Crippen LogP contribution in [0.5, 0.6) is 0 Å². The van der Waals surface area contributed by atoms with Crippen LogP contribution in [0.4, 0.5) is 11.4 Å². The number of benzene rings is 3. The number of hydrogen-bond donors (Lipinski definition) is 1. The van der Waals surface area contributed by atoms with Gasteiger partial charge in [0, 0.05) is 18.6 Å². The molecule has 4 rings (SSSR count). The van der Waals surface area contributed by atoms with Crippen LogP contribution < -0.4 is 15.2 Å². The second kappa shape index (κ2) is 9.96. The molecule has 0 unspecified atom stereocenters. The molecule has 0 bridgehead atoms. The molecule has 186 valence electrons. The number of carbonyl (C=O) groups excluding carboxylic acids is 1. The first-order valence-corrected chi connectivity index (χ1v) is 13.3. The van der Waals surface area contributed by atoms with Crippen LogP contribution in [-0.2, 0) is 17.1 Å². The Balaban J connectivity index is 1.74. The van der Waals surface area contributed by atoms with Gasteiger partial charge in [-0.25, -0.2) is 13.1 Å².